The molecule has 72 valence electrons. The van der Waals surface area contributed by atoms with Crippen LogP contribution < -0.4 is 0 Å². The second-order valence-corrected chi connectivity index (χ2v) is 3.40. The monoisotopic (exact) mass is 178 g/mol. The standard InChI is InChI=1S/C12H18O/c1-3-7-11(2)13-10-12-8-5-4-6-9-12/h4-6,8-9,11H,3,7,10H2,1-2H3. The molecule has 1 rings (SSSR count). The number of ether oxygens (including phenoxy) is 1. The molecule has 0 aliphatic carbocycles. The van der Waals surface area contributed by atoms with Crippen molar-refractivity contribution >= 4 is 0 Å². The highest BCUT2D eigenvalue weighted by Crippen LogP contribution is 2.06. The van der Waals surface area contributed by atoms with Gasteiger partial charge in [0.1, 0.15) is 0 Å². The lowest BCUT2D eigenvalue weighted by atomic mass is 10.2. The second kappa shape index (κ2) is 5.76. The number of benzene rings is 1. The first-order valence-electron chi connectivity index (χ1n) is 4.98. The van der Waals surface area contributed by atoms with Crippen LogP contribution in [0.2, 0.25) is 0 Å². The SMILES string of the molecule is CCCC(C)OCc1ccccc1. The summed E-state index contributed by atoms with van der Waals surface area (Å²) in [6, 6.07) is 10.3. The van der Waals surface area contributed by atoms with Gasteiger partial charge in [-0.15, -0.1) is 0 Å². The van der Waals surface area contributed by atoms with Crippen molar-refractivity contribution in [2.24, 2.45) is 0 Å². The van der Waals surface area contributed by atoms with Crippen molar-refractivity contribution in [1.29, 1.82) is 0 Å². The molecule has 1 unspecified atom stereocenters. The van der Waals surface area contributed by atoms with Crippen LogP contribution in [0.15, 0.2) is 30.3 Å². The van der Waals surface area contributed by atoms with Crippen molar-refractivity contribution in [3.8, 4) is 0 Å². The molecule has 1 nitrogen and oxygen atoms in total. The quantitative estimate of drug-likeness (QED) is 0.671. The van der Waals surface area contributed by atoms with Gasteiger partial charge in [0.2, 0.25) is 0 Å². The van der Waals surface area contributed by atoms with Crippen molar-refractivity contribution in [3.63, 3.8) is 0 Å². The van der Waals surface area contributed by atoms with Gasteiger partial charge in [-0.2, -0.15) is 0 Å². The molecule has 0 aliphatic rings. The Bertz CT molecular complexity index is 218. The molecule has 0 saturated heterocycles. The Labute approximate surface area is 80.7 Å². The van der Waals surface area contributed by atoms with Crippen molar-refractivity contribution in [3.05, 3.63) is 35.9 Å². The summed E-state index contributed by atoms with van der Waals surface area (Å²) < 4.78 is 5.67. The lowest BCUT2D eigenvalue weighted by Gasteiger charge is -2.11. The normalized spacial score (nSPS) is 12.8. The molecule has 13 heavy (non-hydrogen) atoms. The summed E-state index contributed by atoms with van der Waals surface area (Å²) in [5.41, 5.74) is 1.26. The fourth-order valence-corrected chi connectivity index (χ4v) is 1.30. The van der Waals surface area contributed by atoms with E-state index in [2.05, 4.69) is 26.0 Å². The number of hydrogen-bond acceptors (Lipinski definition) is 1. The van der Waals surface area contributed by atoms with E-state index in [9.17, 15) is 0 Å². The van der Waals surface area contributed by atoms with Crippen molar-refractivity contribution in [2.45, 2.75) is 39.4 Å². The molecule has 0 fully saturated rings. The lowest BCUT2D eigenvalue weighted by Crippen LogP contribution is -2.07. The van der Waals surface area contributed by atoms with E-state index in [-0.39, 0.29) is 0 Å². The first kappa shape index (κ1) is 10.3. The molecule has 0 N–H and O–H groups in total. The molecule has 0 radical (unpaired) electrons. The topological polar surface area (TPSA) is 9.23 Å². The highest BCUT2D eigenvalue weighted by atomic mass is 16.5. The summed E-state index contributed by atoms with van der Waals surface area (Å²) >= 11 is 0. The Hall–Kier alpha value is -0.820. The fourth-order valence-electron chi connectivity index (χ4n) is 1.30. The van der Waals surface area contributed by atoms with E-state index in [1.165, 1.54) is 12.0 Å². The maximum Gasteiger partial charge on any atom is 0.0720 e. The van der Waals surface area contributed by atoms with E-state index in [0.717, 1.165) is 13.0 Å². The van der Waals surface area contributed by atoms with Gasteiger partial charge in [-0.25, -0.2) is 0 Å². The van der Waals surface area contributed by atoms with Gasteiger partial charge in [0.25, 0.3) is 0 Å². The number of rotatable bonds is 5. The summed E-state index contributed by atoms with van der Waals surface area (Å²) in [7, 11) is 0. The zero-order valence-corrected chi connectivity index (χ0v) is 8.49. The van der Waals surface area contributed by atoms with Crippen LogP contribution in [0.1, 0.15) is 32.3 Å². The van der Waals surface area contributed by atoms with Crippen molar-refractivity contribution in [2.75, 3.05) is 0 Å². The van der Waals surface area contributed by atoms with E-state index >= 15 is 0 Å². The first-order chi connectivity index (χ1) is 6.33. The Kier molecular flexibility index (Phi) is 4.55. The van der Waals surface area contributed by atoms with Crippen LogP contribution in [0.4, 0.5) is 0 Å². The molecular weight excluding hydrogens is 160 g/mol. The first-order valence-corrected chi connectivity index (χ1v) is 4.98. The van der Waals surface area contributed by atoms with Crippen LogP contribution in [0.3, 0.4) is 0 Å². The van der Waals surface area contributed by atoms with Gasteiger partial charge >= 0.3 is 0 Å². The minimum Gasteiger partial charge on any atom is -0.374 e. The molecule has 1 aromatic carbocycles. The summed E-state index contributed by atoms with van der Waals surface area (Å²) in [6.07, 6.45) is 2.72. The Morgan fingerprint density at radius 2 is 1.92 bits per heavy atom. The third-order valence-electron chi connectivity index (χ3n) is 2.07. The predicted molar refractivity (Wildman–Crippen MR) is 55.6 cm³/mol. The second-order valence-electron chi connectivity index (χ2n) is 3.40. The zero-order valence-electron chi connectivity index (χ0n) is 8.49. The smallest absolute Gasteiger partial charge is 0.0720 e. The van der Waals surface area contributed by atoms with Crippen LogP contribution >= 0.6 is 0 Å². The van der Waals surface area contributed by atoms with E-state index in [4.69, 9.17) is 4.74 Å². The highest BCUT2D eigenvalue weighted by molar-refractivity contribution is 5.13. The van der Waals surface area contributed by atoms with Crippen LogP contribution in [0, 0.1) is 0 Å². The maximum absolute atomic E-state index is 5.67. The van der Waals surface area contributed by atoms with E-state index in [1.807, 2.05) is 18.2 Å². The minimum atomic E-state index is 0.380. The third-order valence-corrected chi connectivity index (χ3v) is 2.07. The Morgan fingerprint density at radius 3 is 2.54 bits per heavy atom. The van der Waals surface area contributed by atoms with Crippen LogP contribution in [0.5, 0.6) is 0 Å². The molecule has 0 aliphatic heterocycles. The molecule has 0 aromatic heterocycles. The molecule has 0 spiro atoms. The van der Waals surface area contributed by atoms with Gasteiger partial charge in [-0.1, -0.05) is 43.7 Å². The maximum atomic E-state index is 5.67. The van der Waals surface area contributed by atoms with Crippen molar-refractivity contribution in [1.82, 2.24) is 0 Å². The van der Waals surface area contributed by atoms with Crippen LogP contribution in [-0.4, -0.2) is 6.10 Å². The molecule has 0 saturated carbocycles. The third kappa shape index (κ3) is 4.09. The molecule has 0 heterocycles. The van der Waals surface area contributed by atoms with Crippen LogP contribution in [-0.2, 0) is 11.3 Å². The van der Waals surface area contributed by atoms with Gasteiger partial charge < -0.3 is 4.74 Å². The molecule has 0 bridgehead atoms. The van der Waals surface area contributed by atoms with Gasteiger partial charge in [0.05, 0.1) is 12.7 Å². The van der Waals surface area contributed by atoms with Crippen LogP contribution in [0.25, 0.3) is 0 Å². The summed E-state index contributed by atoms with van der Waals surface area (Å²) in [6.45, 7) is 5.05. The van der Waals surface area contributed by atoms with Crippen molar-refractivity contribution < 1.29 is 4.74 Å². The average molecular weight is 178 g/mol. The molecule has 1 aromatic rings. The Morgan fingerprint density at radius 1 is 1.23 bits per heavy atom. The fraction of sp³-hybridized carbons (Fsp3) is 0.500. The lowest BCUT2D eigenvalue weighted by molar-refractivity contribution is 0.0472. The van der Waals surface area contributed by atoms with Gasteiger partial charge in [-0.05, 0) is 18.9 Å². The molecule has 0 amide bonds. The average Bonchev–Trinajstić information content (AvgIpc) is 2.17. The van der Waals surface area contributed by atoms with E-state index in [1.54, 1.807) is 0 Å². The highest BCUT2D eigenvalue weighted by Gasteiger charge is 1.99. The summed E-state index contributed by atoms with van der Waals surface area (Å²) in [5.74, 6) is 0. The van der Waals surface area contributed by atoms with Gasteiger partial charge in [0.15, 0.2) is 0 Å². The van der Waals surface area contributed by atoms with E-state index in [0.29, 0.717) is 6.10 Å². The van der Waals surface area contributed by atoms with Gasteiger partial charge in [-0.3, -0.25) is 0 Å². The molecule has 1 heteroatoms. The molecule has 1 atom stereocenters. The number of hydrogen-bond donors (Lipinski definition) is 0. The van der Waals surface area contributed by atoms with E-state index < -0.39 is 0 Å². The largest absolute Gasteiger partial charge is 0.374 e. The van der Waals surface area contributed by atoms with Gasteiger partial charge in [0, 0.05) is 0 Å². The predicted octanol–water partition coefficient (Wildman–Crippen LogP) is 3.39. The minimum absolute atomic E-state index is 0.380. The summed E-state index contributed by atoms with van der Waals surface area (Å²) in [5, 5.41) is 0. The Balaban J connectivity index is 2.27. The summed E-state index contributed by atoms with van der Waals surface area (Å²) in [4.78, 5) is 0. The molecular formula is C12H18O. The zero-order chi connectivity index (χ0) is 9.52.